The summed E-state index contributed by atoms with van der Waals surface area (Å²) in [6, 6.07) is 8.95. The third-order valence-electron chi connectivity index (χ3n) is 4.99. The van der Waals surface area contributed by atoms with Crippen LogP contribution in [0.3, 0.4) is 0 Å². The van der Waals surface area contributed by atoms with Crippen molar-refractivity contribution < 1.29 is 23.4 Å². The monoisotopic (exact) mass is 413 g/mol. The third-order valence-corrected chi connectivity index (χ3v) is 4.99. The lowest BCUT2D eigenvalue weighted by Gasteiger charge is -2.35. The van der Waals surface area contributed by atoms with Gasteiger partial charge in [0.05, 0.1) is 21.3 Å². The predicted octanol–water partition coefficient (Wildman–Crippen LogP) is 1.97. The van der Waals surface area contributed by atoms with Gasteiger partial charge in [0, 0.05) is 6.54 Å². The molecule has 4 rings (SSSR count). The fraction of sp³-hybridized carbons (Fsp3) is 0.300. The molecule has 0 saturated heterocycles. The molecule has 0 N–H and O–H groups in total. The molecule has 1 aliphatic heterocycles. The summed E-state index contributed by atoms with van der Waals surface area (Å²) in [5.74, 6) is 1.34. The van der Waals surface area contributed by atoms with Crippen molar-refractivity contribution in [2.24, 2.45) is 0 Å². The quantitative estimate of drug-likeness (QED) is 0.610. The van der Waals surface area contributed by atoms with Crippen LogP contribution in [-0.2, 0) is 17.9 Å². The van der Waals surface area contributed by atoms with Crippen LogP contribution in [0.25, 0.3) is 0 Å². The van der Waals surface area contributed by atoms with E-state index in [9.17, 15) is 9.18 Å². The van der Waals surface area contributed by atoms with Crippen LogP contribution in [0.2, 0.25) is 0 Å². The highest BCUT2D eigenvalue weighted by molar-refractivity contribution is 5.78. The Morgan fingerprint density at radius 1 is 1.07 bits per heavy atom. The second kappa shape index (κ2) is 7.97. The van der Waals surface area contributed by atoms with Crippen molar-refractivity contribution in [3.63, 3.8) is 0 Å². The maximum absolute atomic E-state index is 13.3. The summed E-state index contributed by atoms with van der Waals surface area (Å²) in [5.41, 5.74) is 1.47. The predicted molar refractivity (Wildman–Crippen MR) is 103 cm³/mol. The molecule has 9 nitrogen and oxygen atoms in total. The number of benzene rings is 2. The van der Waals surface area contributed by atoms with E-state index in [1.54, 1.807) is 29.2 Å². The van der Waals surface area contributed by atoms with Gasteiger partial charge >= 0.3 is 0 Å². The molecule has 0 saturated carbocycles. The number of carbonyl (C=O) groups excluding carboxylic acids is 1. The molecule has 156 valence electrons. The number of methoxy groups -OCH3 is 3. The van der Waals surface area contributed by atoms with Crippen molar-refractivity contribution in [1.29, 1.82) is 0 Å². The summed E-state index contributed by atoms with van der Waals surface area (Å²) in [6.07, 6.45) is 0. The highest BCUT2D eigenvalue weighted by Gasteiger charge is 2.37. The van der Waals surface area contributed by atoms with Crippen LogP contribution in [-0.4, -0.2) is 52.3 Å². The first kappa shape index (κ1) is 19.6. The smallest absolute Gasteiger partial charge is 0.245 e. The first-order valence-electron chi connectivity index (χ1n) is 9.15. The highest BCUT2D eigenvalue weighted by Crippen LogP contribution is 2.42. The first-order chi connectivity index (χ1) is 14.5. The van der Waals surface area contributed by atoms with Gasteiger partial charge in [-0.2, -0.15) is 0 Å². The van der Waals surface area contributed by atoms with Crippen molar-refractivity contribution in [1.82, 2.24) is 25.1 Å². The molecule has 0 aliphatic carbocycles. The van der Waals surface area contributed by atoms with E-state index < -0.39 is 6.04 Å². The number of fused-ring (bicyclic) bond motifs is 1. The van der Waals surface area contributed by atoms with Gasteiger partial charge in [-0.05, 0) is 45.8 Å². The molecule has 2 heterocycles. The second-order valence-electron chi connectivity index (χ2n) is 6.70. The average Bonchev–Trinajstić information content (AvgIpc) is 3.22. The molecule has 10 heteroatoms. The van der Waals surface area contributed by atoms with Crippen molar-refractivity contribution in [3.8, 4) is 17.2 Å². The van der Waals surface area contributed by atoms with Crippen molar-refractivity contribution in [2.75, 3.05) is 21.3 Å². The van der Waals surface area contributed by atoms with E-state index in [1.807, 2.05) is 0 Å². The zero-order chi connectivity index (χ0) is 21.3. The van der Waals surface area contributed by atoms with Crippen molar-refractivity contribution in [3.05, 3.63) is 59.2 Å². The van der Waals surface area contributed by atoms with Crippen molar-refractivity contribution in [2.45, 2.75) is 19.1 Å². The second-order valence-corrected chi connectivity index (χ2v) is 6.70. The Kier molecular flexibility index (Phi) is 5.21. The van der Waals surface area contributed by atoms with E-state index >= 15 is 0 Å². The molecule has 0 bridgehead atoms. The number of tetrazole rings is 1. The summed E-state index contributed by atoms with van der Waals surface area (Å²) in [7, 11) is 4.56. The van der Waals surface area contributed by atoms with E-state index in [4.69, 9.17) is 14.2 Å². The van der Waals surface area contributed by atoms with Crippen LogP contribution in [0.1, 0.15) is 23.0 Å². The van der Waals surface area contributed by atoms with Crippen molar-refractivity contribution >= 4 is 5.91 Å². The van der Waals surface area contributed by atoms with Crippen LogP contribution in [0.5, 0.6) is 17.2 Å². The molecule has 1 amide bonds. The molecule has 30 heavy (non-hydrogen) atoms. The molecule has 0 spiro atoms. The Labute approximate surface area is 172 Å². The minimum Gasteiger partial charge on any atom is -0.493 e. The van der Waals surface area contributed by atoms with Gasteiger partial charge in [0.15, 0.2) is 17.3 Å². The molecular weight excluding hydrogens is 393 g/mol. The van der Waals surface area contributed by atoms with E-state index in [1.165, 1.54) is 38.1 Å². The fourth-order valence-electron chi connectivity index (χ4n) is 3.58. The summed E-state index contributed by atoms with van der Waals surface area (Å²) in [6.45, 7) is 0.276. The number of ether oxygens (including phenoxy) is 3. The number of rotatable bonds is 6. The molecule has 1 atom stereocenters. The number of halogens is 1. The SMILES string of the molecule is COc1cc(C2c3nnnn3CC(=O)N2Cc2ccc(F)cc2)cc(OC)c1OC. The molecule has 3 aromatic rings. The summed E-state index contributed by atoms with van der Waals surface area (Å²) in [4.78, 5) is 14.6. The van der Waals surface area contributed by atoms with Crippen LogP contribution in [0, 0.1) is 5.82 Å². The average molecular weight is 413 g/mol. The Balaban J connectivity index is 1.83. The van der Waals surface area contributed by atoms with E-state index in [2.05, 4.69) is 15.5 Å². The Morgan fingerprint density at radius 2 is 1.73 bits per heavy atom. The normalized spacial score (nSPS) is 15.7. The summed E-state index contributed by atoms with van der Waals surface area (Å²) in [5, 5.41) is 11.8. The molecule has 0 radical (unpaired) electrons. The van der Waals surface area contributed by atoms with Gasteiger partial charge in [0.25, 0.3) is 0 Å². The number of hydrogen-bond donors (Lipinski definition) is 0. The lowest BCUT2D eigenvalue weighted by Crippen LogP contribution is -2.43. The zero-order valence-corrected chi connectivity index (χ0v) is 16.7. The Hall–Kier alpha value is -3.69. The Morgan fingerprint density at radius 3 is 2.33 bits per heavy atom. The highest BCUT2D eigenvalue weighted by atomic mass is 19.1. The maximum Gasteiger partial charge on any atom is 0.245 e. The summed E-state index contributed by atoms with van der Waals surface area (Å²) < 4.78 is 31.1. The van der Waals surface area contributed by atoms with E-state index in [-0.39, 0.29) is 24.8 Å². The largest absolute Gasteiger partial charge is 0.493 e. The van der Waals surface area contributed by atoms with Gasteiger partial charge < -0.3 is 19.1 Å². The molecular formula is C20H20FN5O4. The van der Waals surface area contributed by atoms with Crippen LogP contribution >= 0.6 is 0 Å². The number of amides is 1. The van der Waals surface area contributed by atoms with Crippen LogP contribution in [0.15, 0.2) is 36.4 Å². The lowest BCUT2D eigenvalue weighted by atomic mass is 10.00. The number of aromatic nitrogens is 4. The first-order valence-corrected chi connectivity index (χ1v) is 9.15. The van der Waals surface area contributed by atoms with Crippen LogP contribution < -0.4 is 14.2 Å². The van der Waals surface area contributed by atoms with Gasteiger partial charge in [0.1, 0.15) is 18.4 Å². The van der Waals surface area contributed by atoms with E-state index in [0.717, 1.165) is 5.56 Å². The number of nitrogens with zero attached hydrogens (tertiary/aromatic N) is 5. The molecule has 1 aliphatic rings. The lowest BCUT2D eigenvalue weighted by molar-refractivity contribution is -0.136. The zero-order valence-electron chi connectivity index (χ0n) is 16.7. The van der Waals surface area contributed by atoms with Crippen LogP contribution in [0.4, 0.5) is 4.39 Å². The fourth-order valence-corrected chi connectivity index (χ4v) is 3.58. The van der Waals surface area contributed by atoms with Gasteiger partial charge in [0.2, 0.25) is 11.7 Å². The number of hydrogen-bond acceptors (Lipinski definition) is 7. The Bertz CT molecular complexity index is 1040. The van der Waals surface area contributed by atoms with Gasteiger partial charge in [-0.25, -0.2) is 9.07 Å². The minimum atomic E-state index is -0.597. The molecule has 0 fully saturated rings. The molecule has 1 aromatic heterocycles. The van der Waals surface area contributed by atoms with Gasteiger partial charge in [-0.3, -0.25) is 4.79 Å². The number of carbonyl (C=O) groups is 1. The molecule has 2 aromatic carbocycles. The minimum absolute atomic E-state index is 0.0183. The van der Waals surface area contributed by atoms with E-state index in [0.29, 0.717) is 28.6 Å². The summed E-state index contributed by atoms with van der Waals surface area (Å²) >= 11 is 0. The third kappa shape index (κ3) is 3.40. The van der Waals surface area contributed by atoms with Gasteiger partial charge in [-0.15, -0.1) is 5.10 Å². The standard InChI is InChI=1S/C20H20FN5O4/c1-28-15-8-13(9-16(29-2)19(15)30-3)18-20-22-23-24-26(20)11-17(27)25(18)10-12-4-6-14(21)7-5-12/h4-9,18H,10-11H2,1-3H3. The topological polar surface area (TPSA) is 91.6 Å². The van der Waals surface area contributed by atoms with Gasteiger partial charge in [-0.1, -0.05) is 12.1 Å². The molecule has 1 unspecified atom stereocenters. The maximum atomic E-state index is 13.3.